The highest BCUT2D eigenvalue weighted by atomic mass is 16.4. The van der Waals surface area contributed by atoms with Gasteiger partial charge in [-0.05, 0) is 12.1 Å². The first-order valence-corrected chi connectivity index (χ1v) is 4.03. The van der Waals surface area contributed by atoms with Gasteiger partial charge in [-0.1, -0.05) is 0 Å². The van der Waals surface area contributed by atoms with Crippen LogP contribution in [0.15, 0.2) is 29.3 Å². The molecule has 76 valence electrons. The lowest BCUT2D eigenvalue weighted by Gasteiger charge is -2.01. The van der Waals surface area contributed by atoms with Crippen molar-refractivity contribution in [1.82, 2.24) is 9.38 Å². The minimum Gasteiger partial charge on any atom is -0.506 e. The van der Waals surface area contributed by atoms with E-state index in [9.17, 15) is 9.59 Å². The van der Waals surface area contributed by atoms with Gasteiger partial charge in [-0.15, -0.1) is 0 Å². The molecule has 0 radical (unpaired) electrons. The van der Waals surface area contributed by atoms with Crippen molar-refractivity contribution >= 4 is 11.6 Å². The number of aromatic hydroxyl groups is 1. The van der Waals surface area contributed by atoms with Crippen LogP contribution in [0.1, 0.15) is 10.4 Å². The largest absolute Gasteiger partial charge is 0.506 e. The number of fused-ring (bicyclic) bond motifs is 1. The first-order valence-electron chi connectivity index (χ1n) is 4.03. The van der Waals surface area contributed by atoms with Crippen molar-refractivity contribution in [3.05, 3.63) is 40.4 Å². The molecule has 15 heavy (non-hydrogen) atoms. The molecule has 2 aromatic rings. The minimum absolute atomic E-state index is 0.131. The van der Waals surface area contributed by atoms with Crippen molar-refractivity contribution in [3.8, 4) is 5.75 Å². The Morgan fingerprint density at radius 1 is 1.40 bits per heavy atom. The predicted molar refractivity (Wildman–Crippen MR) is 50.1 cm³/mol. The van der Waals surface area contributed by atoms with E-state index in [1.54, 1.807) is 0 Å². The Morgan fingerprint density at radius 2 is 2.13 bits per heavy atom. The Morgan fingerprint density at radius 3 is 2.80 bits per heavy atom. The molecule has 2 aromatic heterocycles. The second-order valence-electron chi connectivity index (χ2n) is 2.90. The van der Waals surface area contributed by atoms with E-state index in [1.807, 2.05) is 0 Å². The van der Waals surface area contributed by atoms with Gasteiger partial charge >= 0.3 is 5.97 Å². The molecule has 0 saturated heterocycles. The smallest absolute Gasteiger partial charge is 0.342 e. The van der Waals surface area contributed by atoms with Crippen LogP contribution < -0.4 is 5.56 Å². The van der Waals surface area contributed by atoms with Gasteiger partial charge in [0, 0.05) is 6.20 Å². The summed E-state index contributed by atoms with van der Waals surface area (Å²) in [6, 6.07) is 2.78. The Balaban J connectivity index is 2.89. The highest BCUT2D eigenvalue weighted by Gasteiger charge is 2.11. The number of rotatable bonds is 1. The van der Waals surface area contributed by atoms with Crippen LogP contribution in [0, 0.1) is 0 Å². The molecular formula is C9H6N2O4. The fourth-order valence-corrected chi connectivity index (χ4v) is 1.21. The third-order valence-electron chi connectivity index (χ3n) is 1.92. The molecule has 0 spiro atoms. The number of carboxylic acid groups (broad SMARTS) is 1. The van der Waals surface area contributed by atoms with E-state index in [0.29, 0.717) is 0 Å². The molecule has 0 fully saturated rings. The number of aromatic carboxylic acids is 1. The minimum atomic E-state index is -1.34. The van der Waals surface area contributed by atoms with E-state index in [4.69, 9.17) is 10.2 Å². The first kappa shape index (κ1) is 9.20. The van der Waals surface area contributed by atoms with E-state index in [1.165, 1.54) is 12.1 Å². The zero-order chi connectivity index (χ0) is 11.0. The van der Waals surface area contributed by atoms with E-state index in [0.717, 1.165) is 16.8 Å². The molecule has 0 bridgehead atoms. The topological polar surface area (TPSA) is 91.9 Å². The first-order chi connectivity index (χ1) is 7.09. The summed E-state index contributed by atoms with van der Waals surface area (Å²) in [4.78, 5) is 26.0. The molecule has 6 nitrogen and oxygen atoms in total. The van der Waals surface area contributed by atoms with Crippen LogP contribution in [-0.2, 0) is 0 Å². The molecule has 0 atom stereocenters. The van der Waals surface area contributed by atoms with Crippen LogP contribution >= 0.6 is 0 Å². The van der Waals surface area contributed by atoms with Crippen molar-refractivity contribution in [1.29, 1.82) is 0 Å². The van der Waals surface area contributed by atoms with Crippen LogP contribution in [0.2, 0.25) is 0 Å². The fraction of sp³-hybridized carbons (Fsp3) is 0. The quantitative estimate of drug-likeness (QED) is 0.690. The summed E-state index contributed by atoms with van der Waals surface area (Å²) in [6.45, 7) is 0. The average molecular weight is 206 g/mol. The van der Waals surface area contributed by atoms with Crippen LogP contribution in [0.25, 0.3) is 5.65 Å². The molecule has 2 N–H and O–H groups in total. The second-order valence-corrected chi connectivity index (χ2v) is 2.90. The van der Waals surface area contributed by atoms with E-state index in [-0.39, 0.29) is 11.4 Å². The number of aromatic nitrogens is 2. The highest BCUT2D eigenvalue weighted by Crippen LogP contribution is 2.07. The summed E-state index contributed by atoms with van der Waals surface area (Å²) in [5, 5.41) is 17.8. The maximum atomic E-state index is 11.6. The molecule has 0 unspecified atom stereocenters. The van der Waals surface area contributed by atoms with Crippen molar-refractivity contribution in [2.45, 2.75) is 0 Å². The molecule has 0 aliphatic heterocycles. The number of nitrogens with zero attached hydrogens (tertiary/aromatic N) is 2. The van der Waals surface area contributed by atoms with Crippen molar-refractivity contribution < 1.29 is 15.0 Å². The van der Waals surface area contributed by atoms with Gasteiger partial charge in [0.15, 0.2) is 0 Å². The summed E-state index contributed by atoms with van der Waals surface area (Å²) >= 11 is 0. The Labute approximate surface area is 83.1 Å². The van der Waals surface area contributed by atoms with Gasteiger partial charge in [0.05, 0.1) is 6.20 Å². The van der Waals surface area contributed by atoms with E-state index >= 15 is 0 Å². The van der Waals surface area contributed by atoms with Gasteiger partial charge < -0.3 is 10.2 Å². The highest BCUT2D eigenvalue weighted by molar-refractivity contribution is 5.86. The van der Waals surface area contributed by atoms with Crippen molar-refractivity contribution in [2.75, 3.05) is 0 Å². The van der Waals surface area contributed by atoms with E-state index < -0.39 is 17.1 Å². The molecule has 0 amide bonds. The molecule has 0 aliphatic rings. The van der Waals surface area contributed by atoms with Crippen molar-refractivity contribution in [2.24, 2.45) is 0 Å². The molecule has 0 aliphatic carbocycles. The molecule has 2 heterocycles. The maximum absolute atomic E-state index is 11.6. The number of carbonyl (C=O) groups is 1. The maximum Gasteiger partial charge on any atom is 0.342 e. The third kappa shape index (κ3) is 1.41. The zero-order valence-corrected chi connectivity index (χ0v) is 7.41. The van der Waals surface area contributed by atoms with Crippen LogP contribution in [0.3, 0.4) is 0 Å². The Kier molecular flexibility index (Phi) is 1.89. The predicted octanol–water partition coefficient (Wildman–Crippen LogP) is 0.0983. The van der Waals surface area contributed by atoms with Gasteiger partial charge in [-0.3, -0.25) is 9.20 Å². The summed E-state index contributed by atoms with van der Waals surface area (Å²) in [6.07, 6.45) is 2.12. The van der Waals surface area contributed by atoms with Crippen LogP contribution in [0.4, 0.5) is 0 Å². The number of hydrogen-bond acceptors (Lipinski definition) is 4. The molecule has 6 heteroatoms. The summed E-state index contributed by atoms with van der Waals surface area (Å²) < 4.78 is 0.985. The number of hydrogen-bond donors (Lipinski definition) is 2. The zero-order valence-electron chi connectivity index (χ0n) is 7.41. The Hall–Kier alpha value is -2.37. The second kappa shape index (κ2) is 3.09. The normalized spacial score (nSPS) is 10.4. The summed E-state index contributed by atoms with van der Waals surface area (Å²) in [7, 11) is 0. The van der Waals surface area contributed by atoms with Gasteiger partial charge in [-0.2, -0.15) is 0 Å². The molecule has 0 saturated carbocycles. The average Bonchev–Trinajstić information content (AvgIpc) is 2.19. The number of pyridine rings is 1. The summed E-state index contributed by atoms with van der Waals surface area (Å²) in [5.41, 5.74) is -0.871. The Bertz CT molecular complexity index is 603. The molecule has 0 aromatic carbocycles. The van der Waals surface area contributed by atoms with Crippen LogP contribution in [0.5, 0.6) is 5.75 Å². The van der Waals surface area contributed by atoms with Gasteiger partial charge in [0.2, 0.25) is 0 Å². The lowest BCUT2D eigenvalue weighted by Crippen LogP contribution is -2.22. The summed E-state index contributed by atoms with van der Waals surface area (Å²) in [5.74, 6) is -1.47. The van der Waals surface area contributed by atoms with Gasteiger partial charge in [0.25, 0.3) is 5.56 Å². The SMILES string of the molecule is O=C(O)c1cnc2ccc(O)cn2c1=O. The lowest BCUT2D eigenvalue weighted by molar-refractivity contribution is 0.0694. The molecular weight excluding hydrogens is 200 g/mol. The standard InChI is InChI=1S/C9H6N2O4/c12-5-1-2-7-10-3-6(9(14)15)8(13)11(7)4-5/h1-4,12H,(H,14,15). The van der Waals surface area contributed by atoms with E-state index in [2.05, 4.69) is 4.98 Å². The van der Waals surface area contributed by atoms with Gasteiger partial charge in [0.1, 0.15) is 17.0 Å². The monoisotopic (exact) mass is 206 g/mol. The molecule has 2 rings (SSSR count). The van der Waals surface area contributed by atoms with Crippen LogP contribution in [-0.4, -0.2) is 25.6 Å². The fourth-order valence-electron chi connectivity index (χ4n) is 1.21. The number of carboxylic acids is 1. The van der Waals surface area contributed by atoms with Gasteiger partial charge in [-0.25, -0.2) is 9.78 Å². The van der Waals surface area contributed by atoms with Crippen molar-refractivity contribution in [3.63, 3.8) is 0 Å². The third-order valence-corrected chi connectivity index (χ3v) is 1.92. The lowest BCUT2D eigenvalue weighted by atomic mass is 10.3.